The van der Waals surface area contributed by atoms with Gasteiger partial charge >= 0.3 is 0 Å². The molecule has 3 aromatic rings. The Kier molecular flexibility index (Phi) is 5.64. The summed E-state index contributed by atoms with van der Waals surface area (Å²) in [6.07, 6.45) is 7.97. The highest BCUT2D eigenvalue weighted by atomic mass is 16.2. The van der Waals surface area contributed by atoms with Gasteiger partial charge in [0.05, 0.1) is 23.3 Å². The number of pyridine rings is 1. The summed E-state index contributed by atoms with van der Waals surface area (Å²) in [6, 6.07) is 8.92. The van der Waals surface area contributed by atoms with Crippen LogP contribution in [-0.4, -0.2) is 32.4 Å². The number of fused-ring (bicyclic) bond motifs is 1. The molecule has 1 amide bonds. The van der Waals surface area contributed by atoms with Crippen LogP contribution in [0.4, 0.5) is 0 Å². The van der Waals surface area contributed by atoms with Crippen molar-refractivity contribution in [1.29, 1.82) is 0 Å². The summed E-state index contributed by atoms with van der Waals surface area (Å²) in [5.41, 5.74) is 1.96. The first-order valence-corrected chi connectivity index (χ1v) is 9.15. The van der Waals surface area contributed by atoms with Gasteiger partial charge < -0.3 is 9.47 Å². The van der Waals surface area contributed by atoms with Crippen molar-refractivity contribution in [3.63, 3.8) is 0 Å². The summed E-state index contributed by atoms with van der Waals surface area (Å²) in [5.74, 6) is -0.0932. The second kappa shape index (κ2) is 8.12. The number of benzene rings is 1. The van der Waals surface area contributed by atoms with Gasteiger partial charge in [-0.2, -0.15) is 0 Å². The number of hydrogen-bond donors (Lipinski definition) is 0. The molecule has 0 bridgehead atoms. The maximum Gasteiger partial charge on any atom is 0.260 e. The van der Waals surface area contributed by atoms with Crippen molar-refractivity contribution in [1.82, 2.24) is 19.4 Å². The zero-order valence-electron chi connectivity index (χ0n) is 15.9. The molecule has 0 aliphatic carbocycles. The number of unbranched alkanes of at least 4 members (excludes halogenated alkanes) is 1. The van der Waals surface area contributed by atoms with Gasteiger partial charge in [-0.3, -0.25) is 14.6 Å². The normalized spacial score (nSPS) is 12.1. The Balaban J connectivity index is 1.93. The van der Waals surface area contributed by atoms with Crippen molar-refractivity contribution in [3.05, 3.63) is 70.5 Å². The van der Waals surface area contributed by atoms with Gasteiger partial charge in [-0.25, -0.2) is 4.98 Å². The van der Waals surface area contributed by atoms with E-state index in [1.807, 2.05) is 25.4 Å². The molecule has 3 rings (SSSR count). The van der Waals surface area contributed by atoms with Gasteiger partial charge in [0.25, 0.3) is 11.5 Å². The van der Waals surface area contributed by atoms with E-state index in [9.17, 15) is 9.59 Å². The van der Waals surface area contributed by atoms with Gasteiger partial charge in [-0.1, -0.05) is 25.8 Å². The van der Waals surface area contributed by atoms with E-state index < -0.39 is 0 Å². The molecule has 1 aromatic carbocycles. The summed E-state index contributed by atoms with van der Waals surface area (Å²) < 4.78 is 1.43. The quantitative estimate of drug-likeness (QED) is 0.673. The lowest BCUT2D eigenvalue weighted by Crippen LogP contribution is -2.31. The number of carbonyl (C=O) groups excluding carboxylic acids is 1. The van der Waals surface area contributed by atoms with Crippen molar-refractivity contribution in [2.24, 2.45) is 7.05 Å². The number of amides is 1. The molecular weight excluding hydrogens is 340 g/mol. The third kappa shape index (κ3) is 3.89. The Hall–Kier alpha value is -3.02. The summed E-state index contributed by atoms with van der Waals surface area (Å²) in [6.45, 7) is 2.14. The number of aryl methyl sites for hydroxylation is 1. The van der Waals surface area contributed by atoms with Crippen LogP contribution in [-0.2, 0) is 7.05 Å². The van der Waals surface area contributed by atoms with E-state index in [-0.39, 0.29) is 17.5 Å². The summed E-state index contributed by atoms with van der Waals surface area (Å²) in [7, 11) is 3.48. The smallest absolute Gasteiger partial charge is 0.260 e. The summed E-state index contributed by atoms with van der Waals surface area (Å²) in [4.78, 5) is 35.5. The third-order valence-corrected chi connectivity index (χ3v) is 4.85. The predicted molar refractivity (Wildman–Crippen MR) is 106 cm³/mol. The SMILES string of the molecule is CCCC[C@H](c1cccnc1)N(C)C(=O)c1ccc2c(=O)n(C)cnc2c1. The van der Waals surface area contributed by atoms with Crippen LogP contribution >= 0.6 is 0 Å². The van der Waals surface area contributed by atoms with Crippen molar-refractivity contribution in [3.8, 4) is 0 Å². The van der Waals surface area contributed by atoms with Gasteiger partial charge in [0, 0.05) is 32.1 Å². The molecule has 0 radical (unpaired) electrons. The highest BCUT2D eigenvalue weighted by Gasteiger charge is 2.23. The lowest BCUT2D eigenvalue weighted by molar-refractivity contribution is 0.0720. The Bertz CT molecular complexity index is 998. The molecular formula is C21H24N4O2. The number of aromatic nitrogens is 3. The standard InChI is InChI=1S/C21H24N4O2/c1-4-5-8-19(16-7-6-11-22-13-16)25(3)20(26)15-9-10-17-18(12-15)23-14-24(2)21(17)27/h6-7,9-14,19H,4-5,8H2,1-3H3/t19-/m1/s1. The number of carbonyl (C=O) groups is 1. The van der Waals surface area contributed by atoms with E-state index in [4.69, 9.17) is 0 Å². The fourth-order valence-electron chi connectivity index (χ4n) is 3.24. The Morgan fingerprint density at radius 1 is 1.30 bits per heavy atom. The summed E-state index contributed by atoms with van der Waals surface area (Å²) in [5, 5.41) is 0.508. The molecule has 0 spiro atoms. The van der Waals surface area contributed by atoms with E-state index in [1.54, 1.807) is 36.3 Å². The van der Waals surface area contributed by atoms with Crippen LogP contribution in [0.3, 0.4) is 0 Å². The third-order valence-electron chi connectivity index (χ3n) is 4.85. The molecule has 0 aliphatic heterocycles. The predicted octanol–water partition coefficient (Wildman–Crippen LogP) is 3.33. The van der Waals surface area contributed by atoms with Crippen LogP contribution < -0.4 is 5.56 Å². The fourth-order valence-corrected chi connectivity index (χ4v) is 3.24. The van der Waals surface area contributed by atoms with Crippen LogP contribution in [0.1, 0.15) is 48.1 Å². The molecule has 0 unspecified atom stereocenters. The first-order chi connectivity index (χ1) is 13.0. The van der Waals surface area contributed by atoms with Crippen molar-refractivity contribution in [2.45, 2.75) is 32.2 Å². The number of hydrogen-bond acceptors (Lipinski definition) is 4. The second-order valence-electron chi connectivity index (χ2n) is 6.75. The molecule has 0 saturated carbocycles. The maximum absolute atomic E-state index is 13.1. The number of rotatable bonds is 6. The lowest BCUT2D eigenvalue weighted by Gasteiger charge is -2.28. The van der Waals surface area contributed by atoms with E-state index in [0.29, 0.717) is 16.5 Å². The van der Waals surface area contributed by atoms with E-state index in [2.05, 4.69) is 16.9 Å². The van der Waals surface area contributed by atoms with Crippen LogP contribution in [0.5, 0.6) is 0 Å². The van der Waals surface area contributed by atoms with Gasteiger partial charge in [-0.05, 0) is 36.2 Å². The largest absolute Gasteiger partial charge is 0.335 e. The van der Waals surface area contributed by atoms with Gasteiger partial charge in [-0.15, -0.1) is 0 Å². The van der Waals surface area contributed by atoms with Crippen LogP contribution in [0.2, 0.25) is 0 Å². The first kappa shape index (κ1) is 18.8. The number of nitrogens with zero attached hydrogens (tertiary/aromatic N) is 4. The summed E-state index contributed by atoms with van der Waals surface area (Å²) >= 11 is 0. The minimum Gasteiger partial charge on any atom is -0.335 e. The molecule has 0 saturated heterocycles. The molecule has 0 N–H and O–H groups in total. The average molecular weight is 364 g/mol. The molecule has 2 heterocycles. The maximum atomic E-state index is 13.1. The molecule has 140 valence electrons. The van der Waals surface area contributed by atoms with Crippen LogP contribution in [0, 0.1) is 0 Å². The van der Waals surface area contributed by atoms with Crippen LogP contribution in [0.15, 0.2) is 53.8 Å². The average Bonchev–Trinajstić information content (AvgIpc) is 2.71. The first-order valence-electron chi connectivity index (χ1n) is 9.15. The zero-order valence-corrected chi connectivity index (χ0v) is 15.9. The van der Waals surface area contributed by atoms with Crippen molar-refractivity contribution < 1.29 is 4.79 Å². The molecule has 27 heavy (non-hydrogen) atoms. The lowest BCUT2D eigenvalue weighted by atomic mass is 10.0. The van der Waals surface area contributed by atoms with Gasteiger partial charge in [0.2, 0.25) is 0 Å². The molecule has 1 atom stereocenters. The van der Waals surface area contributed by atoms with Crippen molar-refractivity contribution >= 4 is 16.8 Å². The van der Waals surface area contributed by atoms with Crippen LogP contribution in [0.25, 0.3) is 10.9 Å². The topological polar surface area (TPSA) is 68.1 Å². The van der Waals surface area contributed by atoms with Gasteiger partial charge in [0.15, 0.2) is 0 Å². The van der Waals surface area contributed by atoms with Gasteiger partial charge in [0.1, 0.15) is 0 Å². The highest BCUT2D eigenvalue weighted by molar-refractivity contribution is 5.97. The molecule has 0 fully saturated rings. The highest BCUT2D eigenvalue weighted by Crippen LogP contribution is 2.26. The Labute approximate surface area is 158 Å². The van der Waals surface area contributed by atoms with Crippen molar-refractivity contribution in [2.75, 3.05) is 7.05 Å². The van der Waals surface area contributed by atoms with E-state index >= 15 is 0 Å². The zero-order chi connectivity index (χ0) is 19.4. The Morgan fingerprint density at radius 3 is 2.81 bits per heavy atom. The monoisotopic (exact) mass is 364 g/mol. The molecule has 6 nitrogen and oxygen atoms in total. The molecule has 2 aromatic heterocycles. The Morgan fingerprint density at radius 2 is 2.11 bits per heavy atom. The van der Waals surface area contributed by atoms with E-state index in [0.717, 1.165) is 24.8 Å². The fraction of sp³-hybridized carbons (Fsp3) is 0.333. The molecule has 6 heteroatoms. The molecule has 0 aliphatic rings. The minimum absolute atomic E-state index is 0.0431. The minimum atomic E-state index is -0.122. The second-order valence-corrected chi connectivity index (χ2v) is 6.75. The van der Waals surface area contributed by atoms with E-state index in [1.165, 1.54) is 10.9 Å².